The first-order valence-corrected chi connectivity index (χ1v) is 9.08. The zero-order valence-corrected chi connectivity index (χ0v) is 16.4. The molecule has 0 saturated carbocycles. The maximum atomic E-state index is 5.38. The molecule has 0 radical (unpaired) electrons. The Bertz CT molecular complexity index is 564. The third-order valence-electron chi connectivity index (χ3n) is 4.25. The molecule has 4 heteroatoms. The van der Waals surface area contributed by atoms with E-state index in [4.69, 9.17) is 4.74 Å². The van der Waals surface area contributed by atoms with Gasteiger partial charge in [0.2, 0.25) is 0 Å². The highest BCUT2D eigenvalue weighted by molar-refractivity contribution is 14.1. The average molecular weight is 462 g/mol. The van der Waals surface area contributed by atoms with Gasteiger partial charge in [0.15, 0.2) is 0 Å². The van der Waals surface area contributed by atoms with E-state index in [0.717, 1.165) is 29.6 Å². The fraction of sp³-hybridized carbons (Fsp3) is 0.412. The molecule has 0 saturated heterocycles. The predicted molar refractivity (Wildman–Crippen MR) is 102 cm³/mol. The van der Waals surface area contributed by atoms with Gasteiger partial charge in [0, 0.05) is 21.7 Å². The van der Waals surface area contributed by atoms with Gasteiger partial charge in [-0.05, 0) is 69.6 Å². The van der Waals surface area contributed by atoms with Crippen molar-refractivity contribution >= 4 is 44.2 Å². The Morgan fingerprint density at radius 1 is 1.29 bits per heavy atom. The Hall–Kier alpha value is -0.490. The molecule has 0 unspecified atom stereocenters. The molecular weight excluding hydrogens is 441 g/mol. The van der Waals surface area contributed by atoms with Crippen molar-refractivity contribution in [2.45, 2.75) is 26.7 Å². The number of nitrogens with zero attached hydrogens (tertiary/aromatic N) is 1. The van der Waals surface area contributed by atoms with Crippen LogP contribution in [-0.2, 0) is 0 Å². The van der Waals surface area contributed by atoms with Crippen LogP contribution < -0.4 is 9.64 Å². The van der Waals surface area contributed by atoms with Crippen LogP contribution in [-0.4, -0.2) is 13.7 Å². The molecule has 0 atom stereocenters. The van der Waals surface area contributed by atoms with Gasteiger partial charge in [-0.15, -0.1) is 0 Å². The van der Waals surface area contributed by atoms with Gasteiger partial charge in [-0.1, -0.05) is 26.0 Å². The summed E-state index contributed by atoms with van der Waals surface area (Å²) in [6, 6.07) is 4.22. The number of anilines is 1. The molecule has 1 aliphatic rings. The van der Waals surface area contributed by atoms with Crippen LogP contribution in [0.3, 0.4) is 0 Å². The van der Waals surface area contributed by atoms with Gasteiger partial charge >= 0.3 is 0 Å². The lowest BCUT2D eigenvalue weighted by Crippen LogP contribution is -2.32. The van der Waals surface area contributed by atoms with Crippen LogP contribution >= 0.6 is 38.5 Å². The lowest BCUT2D eigenvalue weighted by molar-refractivity contribution is 0.363. The third kappa shape index (κ3) is 3.65. The van der Waals surface area contributed by atoms with E-state index in [1.807, 2.05) is 0 Å². The minimum Gasteiger partial charge on any atom is -0.496 e. The van der Waals surface area contributed by atoms with Crippen molar-refractivity contribution < 1.29 is 4.74 Å². The zero-order valence-electron chi connectivity index (χ0n) is 12.7. The van der Waals surface area contributed by atoms with Gasteiger partial charge in [0.05, 0.1) is 17.3 Å². The maximum absolute atomic E-state index is 5.38. The molecule has 1 aromatic rings. The first kappa shape index (κ1) is 16.9. The molecule has 0 amide bonds. The Morgan fingerprint density at radius 2 is 2.00 bits per heavy atom. The van der Waals surface area contributed by atoms with Crippen LogP contribution in [0.5, 0.6) is 5.75 Å². The lowest BCUT2D eigenvalue weighted by atomic mass is 9.81. The normalized spacial score (nSPS) is 16.9. The minimum absolute atomic E-state index is 0.235. The standard InChI is InChI=1S/C17H21BrINO/c1-4-17(5-2)8-6-7-9-20(12-17)15-10-13(18)16(21-3)11-14(15)19/h6-11H,4-5,12H2,1-3H3. The number of hydrogen-bond donors (Lipinski definition) is 0. The average Bonchev–Trinajstić information content (AvgIpc) is 2.72. The molecule has 1 aromatic carbocycles. The van der Waals surface area contributed by atoms with Gasteiger partial charge in [0.1, 0.15) is 5.75 Å². The van der Waals surface area contributed by atoms with E-state index < -0.39 is 0 Å². The Labute approximate surface area is 149 Å². The number of ether oxygens (including phenoxy) is 1. The van der Waals surface area contributed by atoms with Crippen LogP contribution in [0, 0.1) is 8.99 Å². The summed E-state index contributed by atoms with van der Waals surface area (Å²) in [5, 5.41) is 0. The maximum Gasteiger partial charge on any atom is 0.134 e. The molecule has 2 nitrogen and oxygen atoms in total. The number of hydrogen-bond acceptors (Lipinski definition) is 2. The second kappa shape index (κ2) is 7.18. The van der Waals surface area contributed by atoms with Crippen LogP contribution in [0.4, 0.5) is 5.69 Å². The highest BCUT2D eigenvalue weighted by atomic mass is 127. The SMILES string of the molecule is CCC1(CC)C=CC=CN(c2cc(Br)c(OC)cc2I)C1. The summed E-state index contributed by atoms with van der Waals surface area (Å²) in [5.74, 6) is 0.873. The first-order chi connectivity index (χ1) is 10.0. The Balaban J connectivity index is 2.39. The molecule has 0 aliphatic carbocycles. The second-order valence-corrected chi connectivity index (χ2v) is 7.35. The number of benzene rings is 1. The first-order valence-electron chi connectivity index (χ1n) is 7.21. The van der Waals surface area contributed by atoms with Crippen LogP contribution in [0.1, 0.15) is 26.7 Å². The van der Waals surface area contributed by atoms with Crippen molar-refractivity contribution in [3.8, 4) is 5.75 Å². The Kier molecular flexibility index (Phi) is 5.77. The molecule has 0 spiro atoms. The van der Waals surface area contributed by atoms with Gasteiger partial charge in [0.25, 0.3) is 0 Å². The zero-order chi connectivity index (χ0) is 15.5. The van der Waals surface area contributed by atoms with Crippen LogP contribution in [0.25, 0.3) is 0 Å². The van der Waals surface area contributed by atoms with Crippen molar-refractivity contribution in [1.29, 1.82) is 0 Å². The van der Waals surface area contributed by atoms with Gasteiger partial charge < -0.3 is 9.64 Å². The van der Waals surface area contributed by atoms with E-state index in [1.54, 1.807) is 7.11 Å². The van der Waals surface area contributed by atoms with E-state index in [0.29, 0.717) is 0 Å². The highest BCUT2D eigenvalue weighted by Crippen LogP contribution is 2.38. The van der Waals surface area contributed by atoms with Crippen molar-refractivity contribution in [3.63, 3.8) is 0 Å². The summed E-state index contributed by atoms with van der Waals surface area (Å²) in [5.41, 5.74) is 1.45. The van der Waals surface area contributed by atoms with Crippen molar-refractivity contribution in [1.82, 2.24) is 0 Å². The van der Waals surface area contributed by atoms with Gasteiger partial charge in [-0.2, -0.15) is 0 Å². The fourth-order valence-electron chi connectivity index (χ4n) is 2.63. The Morgan fingerprint density at radius 3 is 2.62 bits per heavy atom. The second-order valence-electron chi connectivity index (χ2n) is 5.34. The van der Waals surface area contributed by atoms with Crippen LogP contribution in [0.2, 0.25) is 0 Å². The monoisotopic (exact) mass is 461 g/mol. The third-order valence-corrected chi connectivity index (χ3v) is 5.73. The van der Waals surface area contributed by atoms with E-state index in [-0.39, 0.29) is 5.41 Å². The van der Waals surface area contributed by atoms with E-state index in [9.17, 15) is 0 Å². The van der Waals surface area contributed by atoms with Gasteiger partial charge in [-0.3, -0.25) is 0 Å². The van der Waals surface area contributed by atoms with E-state index in [2.05, 4.69) is 93.8 Å². The summed E-state index contributed by atoms with van der Waals surface area (Å²) in [6.07, 6.45) is 11.1. The summed E-state index contributed by atoms with van der Waals surface area (Å²) in [6.45, 7) is 5.54. The summed E-state index contributed by atoms with van der Waals surface area (Å²) in [7, 11) is 1.70. The molecular formula is C17H21BrINO. The molecule has 0 fully saturated rings. The quantitative estimate of drug-likeness (QED) is 0.528. The molecule has 1 aliphatic heterocycles. The number of allylic oxidation sites excluding steroid dienone is 2. The lowest BCUT2D eigenvalue weighted by Gasteiger charge is -2.34. The molecule has 114 valence electrons. The number of rotatable bonds is 4. The smallest absolute Gasteiger partial charge is 0.134 e. The largest absolute Gasteiger partial charge is 0.496 e. The summed E-state index contributed by atoms with van der Waals surface area (Å²) in [4.78, 5) is 2.35. The highest BCUT2D eigenvalue weighted by Gasteiger charge is 2.27. The van der Waals surface area contributed by atoms with E-state index in [1.165, 1.54) is 9.26 Å². The molecule has 2 rings (SSSR count). The van der Waals surface area contributed by atoms with Crippen molar-refractivity contribution in [2.24, 2.45) is 5.41 Å². The predicted octanol–water partition coefficient (Wildman–Crippen LogP) is 5.76. The summed E-state index contributed by atoms with van der Waals surface area (Å²) < 4.78 is 7.56. The van der Waals surface area contributed by atoms with Crippen molar-refractivity contribution in [3.05, 3.63) is 44.6 Å². The number of halogens is 2. The summed E-state index contributed by atoms with van der Waals surface area (Å²) >= 11 is 5.98. The molecule has 0 aromatic heterocycles. The fourth-order valence-corrected chi connectivity index (χ4v) is 3.87. The minimum atomic E-state index is 0.235. The topological polar surface area (TPSA) is 12.5 Å². The molecule has 21 heavy (non-hydrogen) atoms. The molecule has 0 bridgehead atoms. The molecule has 1 heterocycles. The van der Waals surface area contributed by atoms with Crippen molar-refractivity contribution in [2.75, 3.05) is 18.6 Å². The van der Waals surface area contributed by atoms with Gasteiger partial charge in [-0.25, -0.2) is 0 Å². The van der Waals surface area contributed by atoms with Crippen LogP contribution in [0.15, 0.2) is 41.0 Å². The molecule has 0 N–H and O–H groups in total. The number of methoxy groups -OCH3 is 1. The van der Waals surface area contributed by atoms with E-state index >= 15 is 0 Å².